The second-order valence-electron chi connectivity index (χ2n) is 2.59. The van der Waals surface area contributed by atoms with Crippen molar-refractivity contribution in [3.63, 3.8) is 0 Å². The molecule has 5 nitrogen and oxygen atoms in total. The van der Waals surface area contributed by atoms with Gasteiger partial charge in [0, 0.05) is 0 Å². The second-order valence-corrected chi connectivity index (χ2v) is 4.67. The average molecular weight is 260 g/mol. The van der Waals surface area contributed by atoms with Gasteiger partial charge in [0.1, 0.15) is 0 Å². The van der Waals surface area contributed by atoms with Gasteiger partial charge in [-0.1, -0.05) is 0 Å². The Labute approximate surface area is 92.6 Å². The van der Waals surface area contributed by atoms with E-state index in [0.717, 1.165) is 0 Å². The van der Waals surface area contributed by atoms with Gasteiger partial charge in [-0.2, -0.15) is 8.78 Å². The van der Waals surface area contributed by atoms with Gasteiger partial charge in [-0.15, -0.1) is 0 Å². The van der Waals surface area contributed by atoms with Crippen LogP contribution in [0.5, 0.6) is 0 Å². The fraction of sp³-hybridized carbons (Fsp3) is 0.875. The quantitative estimate of drug-likeness (QED) is 0.519. The van der Waals surface area contributed by atoms with Gasteiger partial charge >= 0.3 is 19.2 Å². The highest BCUT2D eigenvalue weighted by Crippen LogP contribution is 2.62. The summed E-state index contributed by atoms with van der Waals surface area (Å²) in [5, 5.41) is 0. The number of carbonyl (C=O) groups excluding carboxylic acids is 1. The van der Waals surface area contributed by atoms with Gasteiger partial charge < -0.3 is 13.8 Å². The maximum absolute atomic E-state index is 13.4. The third-order valence-corrected chi connectivity index (χ3v) is 3.53. The summed E-state index contributed by atoms with van der Waals surface area (Å²) in [6, 6.07) is 0. The van der Waals surface area contributed by atoms with Gasteiger partial charge in [-0.3, -0.25) is 4.57 Å². The summed E-state index contributed by atoms with van der Waals surface area (Å²) in [7, 11) is -4.82. The first kappa shape index (κ1) is 15.5. The van der Waals surface area contributed by atoms with Crippen LogP contribution in [0.15, 0.2) is 0 Å². The first-order valence-corrected chi connectivity index (χ1v) is 6.34. The van der Waals surface area contributed by atoms with Gasteiger partial charge in [0.15, 0.2) is 0 Å². The maximum atomic E-state index is 13.4. The zero-order chi connectivity index (χ0) is 12.8. The fourth-order valence-electron chi connectivity index (χ4n) is 0.869. The summed E-state index contributed by atoms with van der Waals surface area (Å²) < 4.78 is 51.4. The largest absolute Gasteiger partial charge is 0.461 e. The standard InChI is InChI=1S/C8H15F2O5P/c1-4-13-7(11)8(9,10)16(12,14-5-2)15-6-3/h4-6H2,1-3H3. The Bertz CT molecular complexity index is 272. The first-order valence-electron chi connectivity index (χ1n) is 4.79. The molecule has 0 aliphatic carbocycles. The third kappa shape index (κ3) is 3.23. The van der Waals surface area contributed by atoms with E-state index in [-0.39, 0.29) is 19.8 Å². The molecular formula is C8H15F2O5P. The highest BCUT2D eigenvalue weighted by molar-refractivity contribution is 7.56. The van der Waals surface area contributed by atoms with Crippen molar-refractivity contribution in [3.8, 4) is 0 Å². The lowest BCUT2D eigenvalue weighted by Gasteiger charge is -2.23. The summed E-state index contributed by atoms with van der Waals surface area (Å²) in [6.45, 7) is 3.34. The number of hydrogen-bond acceptors (Lipinski definition) is 5. The molecule has 0 saturated carbocycles. The van der Waals surface area contributed by atoms with E-state index in [4.69, 9.17) is 0 Å². The fourth-order valence-corrected chi connectivity index (χ4v) is 2.24. The zero-order valence-corrected chi connectivity index (χ0v) is 10.3. The molecule has 8 heteroatoms. The Hall–Kier alpha value is -0.520. The number of rotatable bonds is 7. The van der Waals surface area contributed by atoms with Crippen LogP contribution in [0.4, 0.5) is 8.78 Å². The van der Waals surface area contributed by atoms with Crippen LogP contribution in [0.2, 0.25) is 0 Å². The normalized spacial score (nSPS) is 12.6. The Balaban J connectivity index is 5.02. The molecule has 0 aliphatic heterocycles. The molecule has 0 spiro atoms. The lowest BCUT2D eigenvalue weighted by molar-refractivity contribution is -0.162. The highest BCUT2D eigenvalue weighted by atomic mass is 31.2. The van der Waals surface area contributed by atoms with E-state index in [1.807, 2.05) is 0 Å². The Morgan fingerprint density at radius 3 is 1.88 bits per heavy atom. The first-order chi connectivity index (χ1) is 7.35. The van der Waals surface area contributed by atoms with E-state index >= 15 is 0 Å². The number of carbonyl (C=O) groups is 1. The Kier molecular flexibility index (Phi) is 6.07. The molecule has 0 aromatic heterocycles. The molecule has 0 aromatic carbocycles. The number of halogens is 2. The average Bonchev–Trinajstić information content (AvgIpc) is 2.18. The van der Waals surface area contributed by atoms with Crippen LogP contribution in [0, 0.1) is 0 Å². The number of hydrogen-bond donors (Lipinski definition) is 0. The predicted octanol–water partition coefficient (Wildman–Crippen LogP) is 2.41. The van der Waals surface area contributed by atoms with Gasteiger partial charge in [-0.05, 0) is 20.8 Å². The summed E-state index contributed by atoms with van der Waals surface area (Å²) in [5.74, 6) is -1.90. The van der Waals surface area contributed by atoms with Crippen LogP contribution in [-0.4, -0.2) is 31.5 Å². The number of esters is 1. The van der Waals surface area contributed by atoms with Crippen molar-refractivity contribution in [2.24, 2.45) is 0 Å². The van der Waals surface area contributed by atoms with E-state index in [1.54, 1.807) is 0 Å². The van der Waals surface area contributed by atoms with Crippen molar-refractivity contribution >= 4 is 13.6 Å². The van der Waals surface area contributed by atoms with Crippen molar-refractivity contribution in [1.29, 1.82) is 0 Å². The Morgan fingerprint density at radius 1 is 1.12 bits per heavy atom. The van der Waals surface area contributed by atoms with Crippen LogP contribution >= 0.6 is 7.60 Å². The number of alkyl halides is 2. The van der Waals surface area contributed by atoms with Crippen LogP contribution in [0.3, 0.4) is 0 Å². The molecule has 0 saturated heterocycles. The molecule has 0 rings (SSSR count). The smallest absolute Gasteiger partial charge is 0.440 e. The predicted molar refractivity (Wildman–Crippen MR) is 52.4 cm³/mol. The lowest BCUT2D eigenvalue weighted by atomic mass is 10.7. The van der Waals surface area contributed by atoms with Crippen molar-refractivity contribution in [1.82, 2.24) is 0 Å². The van der Waals surface area contributed by atoms with Crippen molar-refractivity contribution in [3.05, 3.63) is 0 Å². The SMILES string of the molecule is CCOC(=O)C(F)(F)P(=O)(OCC)OCC. The highest BCUT2D eigenvalue weighted by Gasteiger charge is 2.61. The van der Waals surface area contributed by atoms with Gasteiger partial charge in [0.25, 0.3) is 0 Å². The molecule has 0 heterocycles. The molecule has 0 aliphatic rings. The van der Waals surface area contributed by atoms with Crippen LogP contribution in [0.1, 0.15) is 20.8 Å². The summed E-state index contributed by atoms with van der Waals surface area (Å²) in [4.78, 5) is 11.0. The molecule has 0 amide bonds. The number of ether oxygens (including phenoxy) is 1. The van der Waals surface area contributed by atoms with Crippen LogP contribution in [0.25, 0.3) is 0 Å². The molecule has 0 aromatic rings. The van der Waals surface area contributed by atoms with Gasteiger partial charge in [-0.25, -0.2) is 4.79 Å². The van der Waals surface area contributed by atoms with Crippen molar-refractivity contribution in [2.45, 2.75) is 26.4 Å². The van der Waals surface area contributed by atoms with E-state index < -0.39 is 19.2 Å². The molecule has 0 unspecified atom stereocenters. The van der Waals surface area contributed by atoms with E-state index in [1.165, 1.54) is 20.8 Å². The summed E-state index contributed by atoms with van der Waals surface area (Å²) >= 11 is 0. The van der Waals surface area contributed by atoms with E-state index in [0.29, 0.717) is 0 Å². The van der Waals surface area contributed by atoms with Gasteiger partial charge in [0.05, 0.1) is 19.8 Å². The zero-order valence-electron chi connectivity index (χ0n) is 9.37. The van der Waals surface area contributed by atoms with Gasteiger partial charge in [0.2, 0.25) is 0 Å². The lowest BCUT2D eigenvalue weighted by Crippen LogP contribution is -2.32. The molecule has 0 fully saturated rings. The van der Waals surface area contributed by atoms with Crippen LogP contribution in [-0.2, 0) is 23.1 Å². The topological polar surface area (TPSA) is 61.8 Å². The molecular weight excluding hydrogens is 245 g/mol. The molecule has 0 atom stereocenters. The Morgan fingerprint density at radius 2 is 1.56 bits per heavy atom. The van der Waals surface area contributed by atoms with E-state index in [2.05, 4.69) is 13.8 Å². The summed E-state index contributed by atoms with van der Waals surface area (Å²) in [6.07, 6.45) is 0. The monoisotopic (exact) mass is 260 g/mol. The van der Waals surface area contributed by atoms with E-state index in [9.17, 15) is 18.1 Å². The minimum Gasteiger partial charge on any atom is -0.461 e. The maximum Gasteiger partial charge on any atom is 0.440 e. The molecule has 0 N–H and O–H groups in total. The molecule has 0 bridgehead atoms. The molecule has 0 radical (unpaired) electrons. The minimum absolute atomic E-state index is 0.243. The van der Waals surface area contributed by atoms with Crippen molar-refractivity contribution < 1.29 is 31.9 Å². The molecule has 16 heavy (non-hydrogen) atoms. The third-order valence-electron chi connectivity index (χ3n) is 1.46. The van der Waals surface area contributed by atoms with Crippen molar-refractivity contribution in [2.75, 3.05) is 19.8 Å². The minimum atomic E-state index is -4.82. The van der Waals surface area contributed by atoms with Crippen LogP contribution < -0.4 is 0 Å². The summed E-state index contributed by atoms with van der Waals surface area (Å²) in [5.41, 5.74) is -4.28. The second kappa shape index (κ2) is 6.27. The molecule has 96 valence electrons.